The number of methoxy groups -OCH3 is 1. The minimum absolute atomic E-state index is 0.155. The Morgan fingerprint density at radius 3 is 2.00 bits per heavy atom. The van der Waals surface area contributed by atoms with Crippen molar-refractivity contribution in [2.24, 2.45) is 0 Å². The lowest BCUT2D eigenvalue weighted by atomic mass is 10.0. The zero-order chi connectivity index (χ0) is 20.5. The molecule has 0 bridgehead atoms. The van der Waals surface area contributed by atoms with Crippen LogP contribution in [0.5, 0.6) is 11.5 Å². The molecular formula is C23H22N2O4. The number of para-hydroxylation sites is 2. The molecule has 0 saturated carbocycles. The molecule has 148 valence electrons. The summed E-state index contributed by atoms with van der Waals surface area (Å²) in [7, 11) is 1.52. The third kappa shape index (κ3) is 5.84. The molecule has 0 saturated heterocycles. The van der Waals surface area contributed by atoms with Gasteiger partial charge in [0, 0.05) is 0 Å². The summed E-state index contributed by atoms with van der Waals surface area (Å²) < 4.78 is 10.6. The Kier molecular flexibility index (Phi) is 6.84. The molecule has 3 aromatic carbocycles. The van der Waals surface area contributed by atoms with E-state index in [9.17, 15) is 9.59 Å². The third-order valence-electron chi connectivity index (χ3n) is 4.19. The molecule has 0 aromatic heterocycles. The van der Waals surface area contributed by atoms with Crippen molar-refractivity contribution >= 4 is 11.8 Å². The van der Waals surface area contributed by atoms with Gasteiger partial charge < -0.3 is 9.47 Å². The highest BCUT2D eigenvalue weighted by Crippen LogP contribution is 2.25. The van der Waals surface area contributed by atoms with Gasteiger partial charge in [0.2, 0.25) is 5.91 Å². The maximum Gasteiger partial charge on any atom is 0.276 e. The van der Waals surface area contributed by atoms with Gasteiger partial charge in [-0.05, 0) is 28.8 Å². The quantitative estimate of drug-likeness (QED) is 0.608. The number of hydrogen-bond donors (Lipinski definition) is 2. The maximum atomic E-state index is 12.1. The molecule has 6 heteroatoms. The van der Waals surface area contributed by atoms with Gasteiger partial charge in [-0.2, -0.15) is 0 Å². The zero-order valence-electron chi connectivity index (χ0n) is 16.1. The molecule has 3 aromatic rings. The van der Waals surface area contributed by atoms with Crippen LogP contribution < -0.4 is 20.3 Å². The van der Waals surface area contributed by atoms with E-state index in [1.807, 2.05) is 54.6 Å². The molecule has 0 fully saturated rings. The number of hydrazine groups is 1. The normalized spacial score (nSPS) is 10.1. The number of hydrogen-bond acceptors (Lipinski definition) is 4. The molecule has 0 radical (unpaired) electrons. The van der Waals surface area contributed by atoms with Crippen molar-refractivity contribution in [2.75, 3.05) is 13.7 Å². The van der Waals surface area contributed by atoms with Crippen LogP contribution in [0.3, 0.4) is 0 Å². The Bertz CT molecular complexity index is 956. The van der Waals surface area contributed by atoms with E-state index in [1.54, 1.807) is 24.3 Å². The van der Waals surface area contributed by atoms with Gasteiger partial charge in [0.15, 0.2) is 18.1 Å². The summed E-state index contributed by atoms with van der Waals surface area (Å²) in [4.78, 5) is 23.9. The Labute approximate surface area is 169 Å². The summed E-state index contributed by atoms with van der Waals surface area (Å²) in [6.45, 7) is -0.244. The van der Waals surface area contributed by atoms with E-state index >= 15 is 0 Å². The largest absolute Gasteiger partial charge is 0.493 e. The van der Waals surface area contributed by atoms with Crippen LogP contribution in [0.15, 0.2) is 78.9 Å². The summed E-state index contributed by atoms with van der Waals surface area (Å²) in [5.74, 6) is 0.199. The Morgan fingerprint density at radius 1 is 0.724 bits per heavy atom. The first-order valence-electron chi connectivity index (χ1n) is 9.13. The first kappa shape index (κ1) is 19.9. The lowest BCUT2D eigenvalue weighted by molar-refractivity contribution is -0.129. The van der Waals surface area contributed by atoms with E-state index in [4.69, 9.17) is 9.47 Å². The average molecular weight is 390 g/mol. The lowest BCUT2D eigenvalue weighted by Gasteiger charge is -2.11. The van der Waals surface area contributed by atoms with Crippen molar-refractivity contribution in [3.05, 3.63) is 84.4 Å². The molecule has 3 rings (SSSR count). The van der Waals surface area contributed by atoms with Crippen molar-refractivity contribution in [1.82, 2.24) is 10.9 Å². The van der Waals surface area contributed by atoms with Gasteiger partial charge >= 0.3 is 0 Å². The second kappa shape index (κ2) is 9.94. The third-order valence-corrected chi connectivity index (χ3v) is 4.19. The van der Waals surface area contributed by atoms with Gasteiger partial charge in [-0.25, -0.2) is 0 Å². The molecule has 0 aliphatic heterocycles. The van der Waals surface area contributed by atoms with Gasteiger partial charge in [0.25, 0.3) is 5.91 Å². The topological polar surface area (TPSA) is 76.7 Å². The van der Waals surface area contributed by atoms with Crippen molar-refractivity contribution in [2.45, 2.75) is 6.42 Å². The van der Waals surface area contributed by atoms with Crippen molar-refractivity contribution in [3.63, 3.8) is 0 Å². The van der Waals surface area contributed by atoms with Crippen LogP contribution >= 0.6 is 0 Å². The van der Waals surface area contributed by atoms with E-state index in [2.05, 4.69) is 10.9 Å². The number of ether oxygens (including phenoxy) is 2. The highest BCUT2D eigenvalue weighted by atomic mass is 16.5. The standard InChI is InChI=1S/C23H22N2O4/c1-28-20-9-5-6-10-21(20)29-16-23(27)25-24-22(26)15-17-11-13-19(14-12-17)18-7-3-2-4-8-18/h2-14H,15-16H2,1H3,(H,24,26)(H,25,27). The number of nitrogens with one attached hydrogen (secondary N) is 2. The summed E-state index contributed by atoms with van der Waals surface area (Å²) in [5.41, 5.74) is 7.78. The van der Waals surface area contributed by atoms with Crippen LogP contribution in [-0.2, 0) is 16.0 Å². The van der Waals surface area contributed by atoms with Gasteiger partial charge in [0.05, 0.1) is 13.5 Å². The molecule has 6 nitrogen and oxygen atoms in total. The fourth-order valence-electron chi connectivity index (χ4n) is 2.73. The van der Waals surface area contributed by atoms with Crippen molar-refractivity contribution in [3.8, 4) is 22.6 Å². The number of carbonyl (C=O) groups excluding carboxylic acids is 2. The highest BCUT2D eigenvalue weighted by molar-refractivity contribution is 5.84. The molecule has 0 heterocycles. The first-order chi connectivity index (χ1) is 14.2. The van der Waals surface area contributed by atoms with E-state index in [0.717, 1.165) is 16.7 Å². The fourth-order valence-corrected chi connectivity index (χ4v) is 2.73. The molecule has 0 atom stereocenters. The SMILES string of the molecule is COc1ccccc1OCC(=O)NNC(=O)Cc1ccc(-c2ccccc2)cc1. The summed E-state index contributed by atoms with van der Waals surface area (Å²) in [6, 6.07) is 24.7. The monoisotopic (exact) mass is 390 g/mol. The molecule has 0 aliphatic rings. The van der Waals surface area contributed by atoms with Crippen LogP contribution in [0.2, 0.25) is 0 Å². The average Bonchev–Trinajstić information content (AvgIpc) is 2.77. The molecule has 29 heavy (non-hydrogen) atoms. The van der Waals surface area contributed by atoms with E-state index in [0.29, 0.717) is 11.5 Å². The van der Waals surface area contributed by atoms with Crippen LogP contribution in [0.4, 0.5) is 0 Å². The summed E-state index contributed by atoms with van der Waals surface area (Å²) in [5, 5.41) is 0. The number of carbonyl (C=O) groups is 2. The summed E-state index contributed by atoms with van der Waals surface area (Å²) >= 11 is 0. The minimum atomic E-state index is -0.469. The van der Waals surface area contributed by atoms with E-state index in [1.165, 1.54) is 7.11 Å². The smallest absolute Gasteiger partial charge is 0.276 e. The molecule has 2 N–H and O–H groups in total. The Morgan fingerprint density at radius 2 is 1.31 bits per heavy atom. The first-order valence-corrected chi connectivity index (χ1v) is 9.13. The zero-order valence-corrected chi connectivity index (χ0v) is 16.1. The van der Waals surface area contributed by atoms with E-state index in [-0.39, 0.29) is 18.9 Å². The van der Waals surface area contributed by atoms with E-state index < -0.39 is 5.91 Å². The Balaban J connectivity index is 1.44. The van der Waals surface area contributed by atoms with Crippen LogP contribution in [0.1, 0.15) is 5.56 Å². The fraction of sp³-hybridized carbons (Fsp3) is 0.130. The summed E-state index contributed by atoms with van der Waals surface area (Å²) in [6.07, 6.45) is 0.155. The van der Waals surface area contributed by atoms with Crippen LogP contribution in [0.25, 0.3) is 11.1 Å². The Hall–Kier alpha value is -3.80. The van der Waals surface area contributed by atoms with Crippen LogP contribution in [-0.4, -0.2) is 25.5 Å². The minimum Gasteiger partial charge on any atom is -0.493 e. The second-order valence-corrected chi connectivity index (χ2v) is 6.28. The molecular weight excluding hydrogens is 368 g/mol. The molecule has 0 aliphatic carbocycles. The molecule has 2 amide bonds. The number of amides is 2. The van der Waals surface area contributed by atoms with Gasteiger partial charge in [-0.15, -0.1) is 0 Å². The molecule has 0 spiro atoms. The van der Waals surface area contributed by atoms with Gasteiger partial charge in [0.1, 0.15) is 0 Å². The number of benzene rings is 3. The predicted octanol–water partition coefficient (Wildman–Crippen LogP) is 3.13. The van der Waals surface area contributed by atoms with Gasteiger partial charge in [-0.1, -0.05) is 66.7 Å². The number of rotatable bonds is 7. The lowest BCUT2D eigenvalue weighted by Crippen LogP contribution is -2.44. The van der Waals surface area contributed by atoms with Crippen LogP contribution in [0, 0.1) is 0 Å². The van der Waals surface area contributed by atoms with Crippen molar-refractivity contribution < 1.29 is 19.1 Å². The predicted molar refractivity (Wildman–Crippen MR) is 110 cm³/mol. The molecule has 0 unspecified atom stereocenters. The van der Waals surface area contributed by atoms with Gasteiger partial charge in [-0.3, -0.25) is 20.4 Å². The second-order valence-electron chi connectivity index (χ2n) is 6.28. The van der Waals surface area contributed by atoms with Crippen molar-refractivity contribution in [1.29, 1.82) is 0 Å². The maximum absolute atomic E-state index is 12.1. The highest BCUT2D eigenvalue weighted by Gasteiger charge is 2.09.